The Bertz CT molecular complexity index is 316. The minimum atomic E-state index is 0.0491. The Kier molecular flexibility index (Phi) is 2.97. The second-order valence-corrected chi connectivity index (χ2v) is 6.89. The van der Waals surface area contributed by atoms with E-state index >= 15 is 0 Å². The van der Waals surface area contributed by atoms with Gasteiger partial charge in [0.2, 0.25) is 0 Å². The van der Waals surface area contributed by atoms with Crippen LogP contribution in [0.3, 0.4) is 0 Å². The third-order valence-corrected chi connectivity index (χ3v) is 6.14. The molecule has 0 aromatic rings. The fourth-order valence-electron chi connectivity index (χ4n) is 1.44. The second-order valence-electron chi connectivity index (χ2n) is 3.30. The zero-order valence-corrected chi connectivity index (χ0v) is 10.2. The Balaban J connectivity index is 2.02. The average Bonchev–Trinajstić information content (AvgIpc) is 2.54. The van der Waals surface area contributed by atoms with Gasteiger partial charge >= 0.3 is 88.0 Å². The van der Waals surface area contributed by atoms with E-state index < -0.39 is 0 Å². The predicted molar refractivity (Wildman–Crippen MR) is 52.9 cm³/mol. The van der Waals surface area contributed by atoms with Gasteiger partial charge in [0.15, 0.2) is 0 Å². The van der Waals surface area contributed by atoms with Crippen LogP contribution in [-0.4, -0.2) is 0 Å². The molecule has 0 aromatic carbocycles. The Morgan fingerprint density at radius 1 is 1.31 bits per heavy atom. The summed E-state index contributed by atoms with van der Waals surface area (Å²) in [6.07, 6.45) is 15.2. The number of hydrogen-bond donors (Lipinski definition) is 0. The zero-order chi connectivity index (χ0) is 9.10. The molecule has 0 amide bonds. The molecular weight excluding hydrogens is 336 g/mol. The third-order valence-electron chi connectivity index (χ3n) is 2.22. The summed E-state index contributed by atoms with van der Waals surface area (Å²) in [5.41, 5.74) is 1.54. The Labute approximate surface area is 88.1 Å². The summed E-state index contributed by atoms with van der Waals surface area (Å²) in [6.45, 7) is 2.25. The van der Waals surface area contributed by atoms with Crippen LogP contribution in [0.4, 0.5) is 0 Å². The molecule has 0 aromatic heterocycles. The van der Waals surface area contributed by atoms with Crippen molar-refractivity contribution in [2.75, 3.05) is 0 Å². The fourth-order valence-corrected chi connectivity index (χ4v) is 4.64. The molecular formula is C12H14Ir. The van der Waals surface area contributed by atoms with Crippen LogP contribution < -0.4 is 0 Å². The van der Waals surface area contributed by atoms with Gasteiger partial charge in [-0.15, -0.1) is 0 Å². The summed E-state index contributed by atoms with van der Waals surface area (Å²) in [4.78, 5) is 0. The van der Waals surface area contributed by atoms with E-state index in [1.165, 1.54) is 24.8 Å². The Morgan fingerprint density at radius 2 is 2.23 bits per heavy atom. The Morgan fingerprint density at radius 3 is 2.85 bits per heavy atom. The van der Waals surface area contributed by atoms with E-state index in [1.54, 1.807) is 8.17 Å². The van der Waals surface area contributed by atoms with E-state index in [1.807, 2.05) is 0 Å². The van der Waals surface area contributed by atoms with E-state index in [0.717, 1.165) is 0 Å². The van der Waals surface area contributed by atoms with Crippen LogP contribution in [0.15, 0.2) is 44.1 Å². The quantitative estimate of drug-likeness (QED) is 0.715. The first kappa shape index (κ1) is 9.18. The van der Waals surface area contributed by atoms with E-state index in [9.17, 15) is 0 Å². The van der Waals surface area contributed by atoms with E-state index in [2.05, 4.69) is 37.3 Å². The van der Waals surface area contributed by atoms with Gasteiger partial charge in [0, 0.05) is 0 Å². The molecule has 0 atom stereocenters. The Hall–Kier alpha value is -0.391. The van der Waals surface area contributed by atoms with Gasteiger partial charge in [-0.25, -0.2) is 0 Å². The summed E-state index contributed by atoms with van der Waals surface area (Å²) >= 11 is 0.0491. The van der Waals surface area contributed by atoms with Crippen molar-refractivity contribution in [1.29, 1.82) is 0 Å². The molecule has 2 rings (SSSR count). The molecule has 0 fully saturated rings. The van der Waals surface area contributed by atoms with Gasteiger partial charge < -0.3 is 0 Å². The molecule has 2 aliphatic rings. The molecule has 0 bridgehead atoms. The van der Waals surface area contributed by atoms with Gasteiger partial charge in [-0.1, -0.05) is 0 Å². The van der Waals surface area contributed by atoms with Crippen LogP contribution in [0.5, 0.6) is 0 Å². The molecule has 0 radical (unpaired) electrons. The maximum atomic E-state index is 2.34. The van der Waals surface area contributed by atoms with Crippen molar-refractivity contribution in [3.63, 3.8) is 0 Å². The van der Waals surface area contributed by atoms with E-state index in [-0.39, 0.29) is 17.7 Å². The van der Waals surface area contributed by atoms with Crippen LogP contribution >= 0.6 is 0 Å². The number of rotatable bonds is 2. The van der Waals surface area contributed by atoms with Crippen LogP contribution in [0.25, 0.3) is 0 Å². The molecule has 0 spiro atoms. The van der Waals surface area contributed by atoms with Gasteiger partial charge in [0.05, 0.1) is 0 Å². The molecule has 0 aliphatic heterocycles. The van der Waals surface area contributed by atoms with Crippen LogP contribution in [0, 0.1) is 0 Å². The maximum absolute atomic E-state index is 2.34. The van der Waals surface area contributed by atoms with Gasteiger partial charge in [-0.2, -0.15) is 0 Å². The summed E-state index contributed by atoms with van der Waals surface area (Å²) in [6, 6.07) is 0. The molecule has 1 heteroatoms. The number of allylic oxidation sites excluding steroid dienone is 8. The van der Waals surface area contributed by atoms with E-state index in [0.29, 0.717) is 0 Å². The molecule has 0 saturated heterocycles. The molecule has 0 N–H and O–H groups in total. The van der Waals surface area contributed by atoms with Crippen molar-refractivity contribution < 1.29 is 17.7 Å². The summed E-state index contributed by atoms with van der Waals surface area (Å²) < 4.78 is 3.46. The molecule has 71 valence electrons. The first-order valence-electron chi connectivity index (χ1n) is 4.68. The van der Waals surface area contributed by atoms with Crippen LogP contribution in [-0.2, 0) is 17.7 Å². The monoisotopic (exact) mass is 351 g/mol. The summed E-state index contributed by atoms with van der Waals surface area (Å²) in [5.74, 6) is 0. The first-order chi connectivity index (χ1) is 6.36. The first-order valence-corrected chi connectivity index (χ1v) is 7.08. The van der Waals surface area contributed by atoms with Crippen molar-refractivity contribution in [2.24, 2.45) is 0 Å². The minimum absolute atomic E-state index is 0.0491. The predicted octanol–water partition coefficient (Wildman–Crippen LogP) is 3.54. The third kappa shape index (κ3) is 2.30. The van der Waals surface area contributed by atoms with Crippen molar-refractivity contribution in [3.05, 3.63) is 44.1 Å². The number of hydrogen-bond acceptors (Lipinski definition) is 0. The summed E-state index contributed by atoms with van der Waals surface area (Å²) in [7, 11) is 0. The van der Waals surface area contributed by atoms with Gasteiger partial charge in [-0.3, -0.25) is 0 Å². The molecule has 0 nitrogen and oxygen atoms in total. The van der Waals surface area contributed by atoms with Gasteiger partial charge in [0.25, 0.3) is 0 Å². The van der Waals surface area contributed by atoms with Crippen LogP contribution in [0.1, 0.15) is 26.2 Å². The molecule has 2 aliphatic carbocycles. The van der Waals surface area contributed by atoms with Crippen molar-refractivity contribution in [3.8, 4) is 0 Å². The van der Waals surface area contributed by atoms with Crippen LogP contribution in [0.2, 0.25) is 0 Å². The molecule has 0 unspecified atom stereocenters. The van der Waals surface area contributed by atoms with Crippen molar-refractivity contribution >= 4 is 0 Å². The molecule has 13 heavy (non-hydrogen) atoms. The molecule has 0 saturated carbocycles. The van der Waals surface area contributed by atoms with E-state index in [4.69, 9.17) is 0 Å². The summed E-state index contributed by atoms with van der Waals surface area (Å²) in [5, 5.41) is 0. The zero-order valence-electron chi connectivity index (χ0n) is 7.84. The second kappa shape index (κ2) is 4.21. The van der Waals surface area contributed by atoms with Crippen molar-refractivity contribution in [1.82, 2.24) is 0 Å². The topological polar surface area (TPSA) is 0 Å². The SMILES string of the molecule is CC1=[C]([Ir][C]2=CC=CCC2)CC=C1. The van der Waals surface area contributed by atoms with Crippen molar-refractivity contribution in [2.45, 2.75) is 26.2 Å². The standard InChI is InChI=1S/2C6H7.Ir/c1-6-4-2-3-5-6;1-2-4-6-5-3-1;/h2,4H,3H2,1H3;1-3H,4,6H2;. The fraction of sp³-hybridized carbons (Fsp3) is 0.333. The van der Waals surface area contributed by atoms with Gasteiger partial charge in [-0.05, 0) is 0 Å². The average molecular weight is 350 g/mol. The van der Waals surface area contributed by atoms with Gasteiger partial charge in [0.1, 0.15) is 0 Å². The normalized spacial score (nSPS) is 21.5. The molecule has 0 heterocycles.